The van der Waals surface area contributed by atoms with E-state index >= 15 is 0 Å². The first kappa shape index (κ1) is 14.5. The number of ether oxygens (including phenoxy) is 1. The van der Waals surface area contributed by atoms with Crippen LogP contribution in [-0.2, 0) is 9.53 Å². The van der Waals surface area contributed by atoms with Crippen LogP contribution in [0.15, 0.2) is 0 Å². The molecule has 0 aromatic carbocycles. The van der Waals surface area contributed by atoms with E-state index in [-0.39, 0.29) is 11.8 Å². The number of methoxy groups -OCH3 is 1. The third-order valence-electron chi connectivity index (χ3n) is 3.40. The first-order valence-corrected chi connectivity index (χ1v) is 6.65. The van der Waals surface area contributed by atoms with Gasteiger partial charge in [0.15, 0.2) is 0 Å². The van der Waals surface area contributed by atoms with E-state index in [0.717, 1.165) is 32.5 Å². The lowest BCUT2D eigenvalue weighted by Gasteiger charge is -2.33. The molecule has 0 saturated carbocycles. The molecule has 1 fully saturated rings. The number of carbonyl (C=O) groups is 1. The Labute approximate surface area is 105 Å². The molecule has 1 saturated heterocycles. The molecule has 1 amide bonds. The Morgan fingerprint density at radius 3 is 2.94 bits per heavy atom. The quantitative estimate of drug-likeness (QED) is 0.702. The molecule has 0 radical (unpaired) electrons. The van der Waals surface area contributed by atoms with Crippen molar-refractivity contribution in [3.05, 3.63) is 0 Å². The van der Waals surface area contributed by atoms with Gasteiger partial charge < -0.3 is 14.5 Å². The van der Waals surface area contributed by atoms with E-state index in [1.165, 1.54) is 6.42 Å². The zero-order chi connectivity index (χ0) is 12.7. The summed E-state index contributed by atoms with van der Waals surface area (Å²) in [5, 5.41) is 0. The van der Waals surface area contributed by atoms with E-state index in [4.69, 9.17) is 4.74 Å². The second-order valence-electron chi connectivity index (χ2n) is 4.89. The maximum Gasteiger partial charge on any atom is 0.226 e. The molecular weight excluding hydrogens is 216 g/mol. The van der Waals surface area contributed by atoms with Gasteiger partial charge in [0.2, 0.25) is 5.91 Å². The minimum atomic E-state index is 0.192. The van der Waals surface area contributed by atoms with E-state index in [0.29, 0.717) is 13.2 Å². The Hall–Kier alpha value is -0.610. The zero-order valence-corrected chi connectivity index (χ0v) is 11.4. The molecule has 0 aromatic rings. The number of amides is 1. The van der Waals surface area contributed by atoms with Crippen LogP contribution >= 0.6 is 0 Å². The molecule has 1 aliphatic heterocycles. The lowest BCUT2D eigenvalue weighted by molar-refractivity contribution is -0.136. The third kappa shape index (κ3) is 4.64. The summed E-state index contributed by atoms with van der Waals surface area (Å²) in [6.45, 7) is 6.71. The van der Waals surface area contributed by atoms with Gasteiger partial charge in [-0.3, -0.25) is 4.79 Å². The molecule has 4 heteroatoms. The Balaban J connectivity index is 2.39. The fourth-order valence-electron chi connectivity index (χ4n) is 2.43. The maximum absolute atomic E-state index is 12.2. The lowest BCUT2D eigenvalue weighted by atomic mass is 9.96. The highest BCUT2D eigenvalue weighted by molar-refractivity contribution is 5.78. The average molecular weight is 242 g/mol. The zero-order valence-electron chi connectivity index (χ0n) is 11.4. The van der Waals surface area contributed by atoms with Gasteiger partial charge in [0, 0.05) is 27.2 Å². The Kier molecular flexibility index (Phi) is 6.52. The lowest BCUT2D eigenvalue weighted by Crippen LogP contribution is -2.44. The number of rotatable bonds is 6. The van der Waals surface area contributed by atoms with E-state index in [9.17, 15) is 4.79 Å². The predicted molar refractivity (Wildman–Crippen MR) is 69.0 cm³/mol. The molecule has 0 aromatic heterocycles. The van der Waals surface area contributed by atoms with Crippen LogP contribution in [0.3, 0.4) is 0 Å². The molecule has 0 bridgehead atoms. The highest BCUT2D eigenvalue weighted by Gasteiger charge is 2.27. The van der Waals surface area contributed by atoms with Crippen LogP contribution in [0.1, 0.15) is 26.2 Å². The number of hydrogen-bond donors (Lipinski definition) is 0. The van der Waals surface area contributed by atoms with Crippen molar-refractivity contribution in [3.63, 3.8) is 0 Å². The summed E-state index contributed by atoms with van der Waals surface area (Å²) in [4.78, 5) is 16.4. The number of piperidine rings is 1. The van der Waals surface area contributed by atoms with Crippen LogP contribution in [0.4, 0.5) is 0 Å². The highest BCUT2D eigenvalue weighted by Crippen LogP contribution is 2.18. The van der Waals surface area contributed by atoms with Crippen molar-refractivity contribution in [2.24, 2.45) is 5.92 Å². The second kappa shape index (κ2) is 7.67. The SMILES string of the molecule is CCCN1CCCC(C(=O)N(C)CCOC)C1. The maximum atomic E-state index is 12.2. The Bertz CT molecular complexity index is 231. The first-order chi connectivity index (χ1) is 8.19. The topological polar surface area (TPSA) is 32.8 Å². The number of likely N-dealkylation sites (N-methyl/N-ethyl adjacent to an activating group) is 1. The van der Waals surface area contributed by atoms with Gasteiger partial charge in [0.25, 0.3) is 0 Å². The Morgan fingerprint density at radius 1 is 1.53 bits per heavy atom. The summed E-state index contributed by atoms with van der Waals surface area (Å²) in [7, 11) is 3.54. The highest BCUT2D eigenvalue weighted by atomic mass is 16.5. The van der Waals surface area contributed by atoms with Crippen molar-refractivity contribution < 1.29 is 9.53 Å². The van der Waals surface area contributed by atoms with E-state index in [2.05, 4.69) is 11.8 Å². The van der Waals surface area contributed by atoms with Gasteiger partial charge in [-0.15, -0.1) is 0 Å². The number of nitrogens with zero attached hydrogens (tertiary/aromatic N) is 2. The van der Waals surface area contributed by atoms with Crippen molar-refractivity contribution in [3.8, 4) is 0 Å². The Morgan fingerprint density at radius 2 is 2.29 bits per heavy atom. The summed E-state index contributed by atoms with van der Waals surface area (Å²) < 4.78 is 5.01. The van der Waals surface area contributed by atoms with Gasteiger partial charge >= 0.3 is 0 Å². The van der Waals surface area contributed by atoms with Crippen LogP contribution in [0.2, 0.25) is 0 Å². The fourth-order valence-corrected chi connectivity index (χ4v) is 2.43. The molecule has 100 valence electrons. The van der Waals surface area contributed by atoms with Gasteiger partial charge in [-0.1, -0.05) is 6.92 Å². The summed E-state index contributed by atoms with van der Waals surface area (Å²) in [6.07, 6.45) is 3.35. The summed E-state index contributed by atoms with van der Waals surface area (Å²) in [5.41, 5.74) is 0. The molecule has 1 rings (SSSR count). The molecule has 0 spiro atoms. The van der Waals surface area contributed by atoms with Gasteiger partial charge in [-0.05, 0) is 32.4 Å². The molecular formula is C13H26N2O2. The minimum absolute atomic E-state index is 0.192. The summed E-state index contributed by atoms with van der Waals surface area (Å²) >= 11 is 0. The largest absolute Gasteiger partial charge is 0.383 e. The molecule has 0 aliphatic carbocycles. The molecule has 1 heterocycles. The summed E-state index contributed by atoms with van der Waals surface area (Å²) in [6, 6.07) is 0. The normalized spacial score (nSPS) is 21.5. The number of likely N-dealkylation sites (tertiary alicyclic amines) is 1. The predicted octanol–water partition coefficient (Wildman–Crippen LogP) is 1.21. The van der Waals surface area contributed by atoms with E-state index in [1.54, 1.807) is 7.11 Å². The van der Waals surface area contributed by atoms with Crippen LogP contribution in [0.25, 0.3) is 0 Å². The molecule has 0 N–H and O–H groups in total. The molecule has 1 unspecified atom stereocenters. The van der Waals surface area contributed by atoms with Gasteiger partial charge in [-0.25, -0.2) is 0 Å². The van der Waals surface area contributed by atoms with E-state index < -0.39 is 0 Å². The van der Waals surface area contributed by atoms with Crippen molar-refractivity contribution in [1.82, 2.24) is 9.80 Å². The molecule has 1 aliphatic rings. The number of hydrogen-bond acceptors (Lipinski definition) is 3. The fraction of sp³-hybridized carbons (Fsp3) is 0.923. The smallest absolute Gasteiger partial charge is 0.226 e. The molecule has 17 heavy (non-hydrogen) atoms. The minimum Gasteiger partial charge on any atom is -0.383 e. The van der Waals surface area contributed by atoms with Crippen molar-refractivity contribution in [2.45, 2.75) is 26.2 Å². The van der Waals surface area contributed by atoms with E-state index in [1.807, 2.05) is 11.9 Å². The second-order valence-corrected chi connectivity index (χ2v) is 4.89. The third-order valence-corrected chi connectivity index (χ3v) is 3.40. The van der Waals surface area contributed by atoms with Crippen molar-refractivity contribution >= 4 is 5.91 Å². The molecule has 1 atom stereocenters. The first-order valence-electron chi connectivity index (χ1n) is 6.65. The van der Waals surface area contributed by atoms with Gasteiger partial charge in [0.05, 0.1) is 12.5 Å². The van der Waals surface area contributed by atoms with Crippen molar-refractivity contribution in [1.29, 1.82) is 0 Å². The van der Waals surface area contributed by atoms with Gasteiger partial charge in [-0.2, -0.15) is 0 Å². The van der Waals surface area contributed by atoms with Crippen molar-refractivity contribution in [2.75, 3.05) is 46.9 Å². The van der Waals surface area contributed by atoms with Crippen LogP contribution in [0.5, 0.6) is 0 Å². The summed E-state index contributed by atoms with van der Waals surface area (Å²) in [5.74, 6) is 0.472. The average Bonchev–Trinajstić information content (AvgIpc) is 2.35. The van der Waals surface area contributed by atoms with Crippen LogP contribution in [-0.4, -0.2) is 62.7 Å². The standard InChI is InChI=1S/C13H26N2O2/c1-4-7-15-8-5-6-12(11-15)13(16)14(2)9-10-17-3/h12H,4-11H2,1-3H3. The monoisotopic (exact) mass is 242 g/mol. The number of carbonyl (C=O) groups excluding carboxylic acids is 1. The van der Waals surface area contributed by atoms with Crippen LogP contribution < -0.4 is 0 Å². The molecule has 4 nitrogen and oxygen atoms in total. The van der Waals surface area contributed by atoms with Crippen LogP contribution in [0, 0.1) is 5.92 Å². The van der Waals surface area contributed by atoms with Gasteiger partial charge in [0.1, 0.15) is 0 Å².